The zero-order valence-electron chi connectivity index (χ0n) is 11.4. The molecule has 0 saturated carbocycles. The highest BCUT2D eigenvalue weighted by molar-refractivity contribution is 5.91. The van der Waals surface area contributed by atoms with E-state index in [2.05, 4.69) is 11.8 Å². The first-order valence-electron chi connectivity index (χ1n) is 6.97. The number of unbranched alkanes of at least 4 members (excludes halogenated alkanes) is 1. The van der Waals surface area contributed by atoms with Crippen LogP contribution in [0.5, 0.6) is 5.75 Å². The van der Waals surface area contributed by atoms with Crippen molar-refractivity contribution in [2.45, 2.75) is 32.6 Å². The number of ether oxygens (including phenoxy) is 1. The molecular formula is C15H21NO3. The molecule has 0 unspecified atom stereocenters. The van der Waals surface area contributed by atoms with Crippen LogP contribution in [0.25, 0.3) is 0 Å². The lowest BCUT2D eigenvalue weighted by Crippen LogP contribution is -2.18. The fourth-order valence-corrected chi connectivity index (χ4v) is 2.31. The first-order chi connectivity index (χ1) is 9.22. The van der Waals surface area contributed by atoms with Gasteiger partial charge in [-0.05, 0) is 31.4 Å². The quantitative estimate of drug-likeness (QED) is 0.801. The number of carbonyl (C=O) groups is 1. The van der Waals surface area contributed by atoms with Crippen molar-refractivity contribution in [1.29, 1.82) is 0 Å². The molecule has 0 amide bonds. The molecule has 0 aliphatic carbocycles. The monoisotopic (exact) mass is 263 g/mol. The zero-order valence-corrected chi connectivity index (χ0v) is 11.4. The van der Waals surface area contributed by atoms with Gasteiger partial charge in [-0.15, -0.1) is 0 Å². The lowest BCUT2D eigenvalue weighted by Gasteiger charge is -2.19. The maximum Gasteiger partial charge on any atom is 0.339 e. The van der Waals surface area contributed by atoms with Crippen LogP contribution in [0.2, 0.25) is 0 Å². The summed E-state index contributed by atoms with van der Waals surface area (Å²) in [5.41, 5.74) is 1.31. The first kappa shape index (κ1) is 13.7. The molecular weight excluding hydrogens is 242 g/mol. The molecule has 0 radical (unpaired) electrons. The van der Waals surface area contributed by atoms with Gasteiger partial charge < -0.3 is 14.7 Å². The molecule has 0 aromatic heterocycles. The Labute approximate surface area is 114 Å². The summed E-state index contributed by atoms with van der Waals surface area (Å²) in [6.07, 6.45) is 4.38. The number of aromatic carboxylic acids is 1. The van der Waals surface area contributed by atoms with E-state index in [1.165, 1.54) is 12.8 Å². The number of anilines is 1. The van der Waals surface area contributed by atoms with E-state index >= 15 is 0 Å². The van der Waals surface area contributed by atoms with Gasteiger partial charge in [0.25, 0.3) is 0 Å². The van der Waals surface area contributed by atoms with E-state index in [4.69, 9.17) is 4.74 Å². The Morgan fingerprint density at radius 1 is 1.37 bits per heavy atom. The third-order valence-corrected chi connectivity index (χ3v) is 3.42. The molecule has 1 aliphatic rings. The Bertz CT molecular complexity index is 439. The minimum atomic E-state index is -0.931. The smallest absolute Gasteiger partial charge is 0.339 e. The Hall–Kier alpha value is -1.71. The SMILES string of the molecule is CCCCOc1cc(N2CCCC2)ccc1C(=O)O. The number of rotatable bonds is 6. The summed E-state index contributed by atoms with van der Waals surface area (Å²) >= 11 is 0. The molecule has 1 N–H and O–H groups in total. The van der Waals surface area contributed by atoms with E-state index in [-0.39, 0.29) is 5.56 Å². The fourth-order valence-electron chi connectivity index (χ4n) is 2.31. The number of carboxylic acid groups (broad SMARTS) is 1. The maximum atomic E-state index is 11.2. The normalized spacial score (nSPS) is 14.7. The molecule has 4 nitrogen and oxygen atoms in total. The Balaban J connectivity index is 2.18. The van der Waals surface area contributed by atoms with Crippen molar-refractivity contribution in [3.8, 4) is 5.75 Å². The van der Waals surface area contributed by atoms with E-state index < -0.39 is 5.97 Å². The Morgan fingerprint density at radius 2 is 2.11 bits per heavy atom. The maximum absolute atomic E-state index is 11.2. The molecule has 2 rings (SSSR count). The van der Waals surface area contributed by atoms with Gasteiger partial charge in [-0.2, -0.15) is 0 Å². The van der Waals surface area contributed by atoms with Gasteiger partial charge in [0.05, 0.1) is 6.61 Å². The molecule has 1 fully saturated rings. The lowest BCUT2D eigenvalue weighted by molar-refractivity contribution is 0.0692. The third kappa shape index (κ3) is 3.40. The molecule has 0 spiro atoms. The molecule has 1 saturated heterocycles. The molecule has 1 aliphatic heterocycles. The lowest BCUT2D eigenvalue weighted by atomic mass is 10.1. The molecule has 1 aromatic carbocycles. The van der Waals surface area contributed by atoms with E-state index in [1.54, 1.807) is 6.07 Å². The Morgan fingerprint density at radius 3 is 2.74 bits per heavy atom. The average Bonchev–Trinajstić information content (AvgIpc) is 2.92. The first-order valence-corrected chi connectivity index (χ1v) is 6.97. The number of hydrogen-bond acceptors (Lipinski definition) is 3. The van der Waals surface area contributed by atoms with Crippen molar-refractivity contribution in [3.63, 3.8) is 0 Å². The topological polar surface area (TPSA) is 49.8 Å². The van der Waals surface area contributed by atoms with Crippen molar-refractivity contribution in [1.82, 2.24) is 0 Å². The number of nitrogens with zero attached hydrogens (tertiary/aromatic N) is 1. The van der Waals surface area contributed by atoms with Gasteiger partial charge in [-0.25, -0.2) is 4.79 Å². The van der Waals surface area contributed by atoms with Crippen LogP contribution in [-0.4, -0.2) is 30.8 Å². The largest absolute Gasteiger partial charge is 0.493 e. The van der Waals surface area contributed by atoms with Crippen LogP contribution in [0.15, 0.2) is 18.2 Å². The highest BCUT2D eigenvalue weighted by atomic mass is 16.5. The van der Waals surface area contributed by atoms with Crippen molar-refractivity contribution in [2.24, 2.45) is 0 Å². The van der Waals surface area contributed by atoms with Crippen molar-refractivity contribution >= 4 is 11.7 Å². The van der Waals surface area contributed by atoms with Gasteiger partial charge in [-0.3, -0.25) is 0 Å². The third-order valence-electron chi connectivity index (χ3n) is 3.42. The van der Waals surface area contributed by atoms with Crippen LogP contribution >= 0.6 is 0 Å². The minimum absolute atomic E-state index is 0.249. The summed E-state index contributed by atoms with van der Waals surface area (Å²) in [6.45, 7) is 4.74. The number of hydrogen-bond donors (Lipinski definition) is 1. The second-order valence-corrected chi connectivity index (χ2v) is 4.88. The minimum Gasteiger partial charge on any atom is -0.493 e. The molecule has 19 heavy (non-hydrogen) atoms. The molecule has 4 heteroatoms. The molecule has 1 heterocycles. The van der Waals surface area contributed by atoms with Gasteiger partial charge >= 0.3 is 5.97 Å². The average molecular weight is 263 g/mol. The zero-order chi connectivity index (χ0) is 13.7. The summed E-state index contributed by atoms with van der Waals surface area (Å²) in [4.78, 5) is 13.5. The predicted molar refractivity (Wildman–Crippen MR) is 75.3 cm³/mol. The number of benzene rings is 1. The van der Waals surface area contributed by atoms with Crippen LogP contribution in [0.3, 0.4) is 0 Å². The number of carboxylic acids is 1. The molecule has 0 atom stereocenters. The van der Waals surface area contributed by atoms with Crippen molar-refractivity contribution < 1.29 is 14.6 Å². The summed E-state index contributed by atoms with van der Waals surface area (Å²) < 4.78 is 5.63. The van der Waals surface area contributed by atoms with Crippen molar-refractivity contribution in [3.05, 3.63) is 23.8 Å². The Kier molecular flexibility index (Phi) is 4.66. The van der Waals surface area contributed by atoms with Crippen LogP contribution in [0.4, 0.5) is 5.69 Å². The van der Waals surface area contributed by atoms with Gasteiger partial charge in [0.2, 0.25) is 0 Å². The predicted octanol–water partition coefficient (Wildman–Crippen LogP) is 3.16. The summed E-state index contributed by atoms with van der Waals surface area (Å²) in [6, 6.07) is 5.39. The van der Waals surface area contributed by atoms with Gasteiger partial charge in [0.1, 0.15) is 11.3 Å². The van der Waals surface area contributed by atoms with Crippen molar-refractivity contribution in [2.75, 3.05) is 24.6 Å². The summed E-state index contributed by atoms with van der Waals surface area (Å²) in [5.74, 6) is -0.440. The highest BCUT2D eigenvalue weighted by Crippen LogP contribution is 2.28. The summed E-state index contributed by atoms with van der Waals surface area (Å²) in [5, 5.41) is 9.18. The van der Waals surface area contributed by atoms with E-state index in [0.29, 0.717) is 12.4 Å². The second-order valence-electron chi connectivity index (χ2n) is 4.88. The standard InChI is InChI=1S/C15H21NO3/c1-2-3-10-19-14-11-12(16-8-4-5-9-16)6-7-13(14)15(17)18/h6-7,11H,2-5,8-10H2,1H3,(H,17,18). The van der Waals surface area contributed by atoms with Crippen LogP contribution in [-0.2, 0) is 0 Å². The molecule has 104 valence electrons. The highest BCUT2D eigenvalue weighted by Gasteiger charge is 2.17. The van der Waals surface area contributed by atoms with Gasteiger partial charge in [0.15, 0.2) is 0 Å². The van der Waals surface area contributed by atoms with E-state index in [9.17, 15) is 9.90 Å². The van der Waals surface area contributed by atoms with Gasteiger partial charge in [0, 0.05) is 24.8 Å². The van der Waals surface area contributed by atoms with E-state index in [1.807, 2.05) is 12.1 Å². The fraction of sp³-hybridized carbons (Fsp3) is 0.533. The second kappa shape index (κ2) is 6.45. The van der Waals surface area contributed by atoms with Crippen LogP contribution < -0.4 is 9.64 Å². The van der Waals surface area contributed by atoms with Gasteiger partial charge in [-0.1, -0.05) is 13.3 Å². The molecule has 1 aromatic rings. The van der Waals surface area contributed by atoms with Crippen LogP contribution in [0, 0.1) is 0 Å². The summed E-state index contributed by atoms with van der Waals surface area (Å²) in [7, 11) is 0. The van der Waals surface area contributed by atoms with E-state index in [0.717, 1.165) is 31.6 Å². The molecule has 0 bridgehead atoms. The van der Waals surface area contributed by atoms with Crippen LogP contribution in [0.1, 0.15) is 43.0 Å².